The van der Waals surface area contributed by atoms with E-state index in [9.17, 15) is 9.18 Å². The number of hydrogen-bond acceptors (Lipinski definition) is 3. The molecular weight excluding hydrogens is 291 g/mol. The van der Waals surface area contributed by atoms with Crippen molar-refractivity contribution in [3.05, 3.63) is 28.8 Å². The van der Waals surface area contributed by atoms with Crippen molar-refractivity contribution in [1.29, 1.82) is 0 Å². The zero-order chi connectivity index (χ0) is 14.8. The normalized spacial score (nSPS) is 15.8. The van der Waals surface area contributed by atoms with Crippen LogP contribution in [0.15, 0.2) is 23.2 Å². The third-order valence-corrected chi connectivity index (χ3v) is 4.48. The van der Waals surface area contributed by atoms with E-state index < -0.39 is 0 Å². The van der Waals surface area contributed by atoms with Gasteiger partial charge in [-0.1, -0.05) is 11.3 Å². The van der Waals surface area contributed by atoms with Gasteiger partial charge in [0.1, 0.15) is 5.82 Å². The smallest absolute Gasteiger partial charge is 0.251 e. The quantitative estimate of drug-likeness (QED) is 0.797. The highest BCUT2D eigenvalue weighted by Crippen LogP contribution is 2.30. The highest BCUT2D eigenvalue weighted by Gasteiger charge is 2.29. The van der Waals surface area contributed by atoms with Crippen LogP contribution in [0, 0.1) is 11.7 Å². The van der Waals surface area contributed by atoms with Gasteiger partial charge in [0.25, 0.3) is 5.91 Å². The maximum absolute atomic E-state index is 13.4. The van der Waals surface area contributed by atoms with E-state index in [1.807, 2.05) is 11.5 Å². The van der Waals surface area contributed by atoms with Crippen LogP contribution in [0.3, 0.4) is 0 Å². The van der Waals surface area contributed by atoms with Crippen molar-refractivity contribution in [1.82, 2.24) is 4.57 Å². The molecule has 112 valence electrons. The number of thiazole rings is 1. The maximum atomic E-state index is 13.4. The Morgan fingerprint density at radius 3 is 3.05 bits per heavy atom. The summed E-state index contributed by atoms with van der Waals surface area (Å²) in [7, 11) is 0. The maximum Gasteiger partial charge on any atom is 0.251 e. The van der Waals surface area contributed by atoms with Crippen LogP contribution in [0.4, 0.5) is 4.39 Å². The number of fused-ring (bicyclic) bond motifs is 1. The summed E-state index contributed by atoms with van der Waals surface area (Å²) >= 11 is 1.35. The van der Waals surface area contributed by atoms with E-state index in [-0.39, 0.29) is 17.6 Å². The summed E-state index contributed by atoms with van der Waals surface area (Å²) in [6, 6.07) is 4.64. The predicted octanol–water partition coefficient (Wildman–Crippen LogP) is 2.72. The number of aromatic nitrogens is 1. The minimum atomic E-state index is -0.277. The third kappa shape index (κ3) is 3.22. The molecule has 0 spiro atoms. The molecule has 1 fully saturated rings. The third-order valence-electron chi connectivity index (χ3n) is 3.44. The molecule has 6 heteroatoms. The van der Waals surface area contributed by atoms with Crippen molar-refractivity contribution in [3.8, 4) is 0 Å². The number of hydrogen-bond donors (Lipinski definition) is 0. The molecule has 1 saturated carbocycles. The Morgan fingerprint density at radius 1 is 1.52 bits per heavy atom. The van der Waals surface area contributed by atoms with Crippen LogP contribution < -0.4 is 4.80 Å². The second-order valence-corrected chi connectivity index (χ2v) is 6.08. The molecule has 0 aliphatic heterocycles. The van der Waals surface area contributed by atoms with Crippen molar-refractivity contribution in [2.45, 2.75) is 26.3 Å². The van der Waals surface area contributed by atoms with Crippen LogP contribution in [-0.4, -0.2) is 23.7 Å². The summed E-state index contributed by atoms with van der Waals surface area (Å²) in [6.07, 6.45) is 1.86. The molecule has 0 unspecified atom stereocenters. The predicted molar refractivity (Wildman–Crippen MR) is 79.6 cm³/mol. The van der Waals surface area contributed by atoms with Gasteiger partial charge in [-0.25, -0.2) is 4.39 Å². The average molecular weight is 308 g/mol. The molecular formula is C15H17FN2O2S. The molecule has 1 amide bonds. The Balaban J connectivity index is 2.03. The Bertz CT molecular complexity index is 731. The van der Waals surface area contributed by atoms with Gasteiger partial charge in [-0.15, -0.1) is 0 Å². The van der Waals surface area contributed by atoms with Crippen molar-refractivity contribution >= 4 is 27.5 Å². The summed E-state index contributed by atoms with van der Waals surface area (Å²) in [6.45, 7) is 3.74. The lowest BCUT2D eigenvalue weighted by Crippen LogP contribution is -2.20. The molecule has 0 bridgehead atoms. The zero-order valence-electron chi connectivity index (χ0n) is 11.8. The van der Waals surface area contributed by atoms with E-state index in [1.54, 1.807) is 6.07 Å². The standard InChI is InChI=1S/C15H17FN2O2S/c1-2-20-8-7-18-12-6-5-11(16)9-13(12)21-15(18)17-14(19)10-3-4-10/h5-6,9-10H,2-4,7-8H2,1H3. The van der Waals surface area contributed by atoms with Crippen molar-refractivity contribution in [2.24, 2.45) is 10.9 Å². The van der Waals surface area contributed by atoms with Gasteiger partial charge < -0.3 is 9.30 Å². The second-order valence-electron chi connectivity index (χ2n) is 5.07. The summed E-state index contributed by atoms with van der Waals surface area (Å²) in [5.74, 6) is -0.250. The first-order valence-electron chi connectivity index (χ1n) is 7.14. The van der Waals surface area contributed by atoms with E-state index >= 15 is 0 Å². The average Bonchev–Trinajstić information content (AvgIpc) is 3.24. The number of carbonyl (C=O) groups excluding carboxylic acids is 1. The van der Waals surface area contributed by atoms with E-state index in [2.05, 4.69) is 4.99 Å². The number of nitrogens with zero attached hydrogens (tertiary/aromatic N) is 2. The minimum absolute atomic E-state index is 0.0628. The number of benzene rings is 1. The van der Waals surface area contributed by atoms with Crippen LogP contribution in [0.1, 0.15) is 19.8 Å². The molecule has 1 aliphatic rings. The lowest BCUT2D eigenvalue weighted by molar-refractivity contribution is -0.119. The van der Waals surface area contributed by atoms with Gasteiger partial charge in [-0.2, -0.15) is 4.99 Å². The van der Waals surface area contributed by atoms with Crippen LogP contribution in [0.5, 0.6) is 0 Å². The fourth-order valence-electron chi connectivity index (χ4n) is 2.16. The van der Waals surface area contributed by atoms with Gasteiger partial charge in [-0.05, 0) is 38.0 Å². The first-order chi connectivity index (χ1) is 10.2. The Hall–Kier alpha value is -1.53. The molecule has 1 aromatic heterocycles. The summed E-state index contributed by atoms with van der Waals surface area (Å²) in [5, 5.41) is 0. The van der Waals surface area contributed by atoms with Gasteiger partial charge in [0, 0.05) is 19.1 Å². The Labute approximate surface area is 125 Å². The van der Waals surface area contributed by atoms with Gasteiger partial charge in [0.05, 0.1) is 16.8 Å². The molecule has 0 atom stereocenters. The summed E-state index contributed by atoms with van der Waals surface area (Å²) < 4.78 is 21.5. The van der Waals surface area contributed by atoms with Crippen LogP contribution in [0.2, 0.25) is 0 Å². The Kier molecular flexibility index (Phi) is 4.17. The number of ether oxygens (including phenoxy) is 1. The topological polar surface area (TPSA) is 43.6 Å². The van der Waals surface area contributed by atoms with E-state index in [0.29, 0.717) is 24.6 Å². The van der Waals surface area contributed by atoms with Crippen LogP contribution in [0.25, 0.3) is 10.2 Å². The number of rotatable bonds is 5. The van der Waals surface area contributed by atoms with Crippen molar-refractivity contribution in [2.75, 3.05) is 13.2 Å². The zero-order valence-corrected chi connectivity index (χ0v) is 12.7. The molecule has 4 nitrogen and oxygen atoms in total. The minimum Gasteiger partial charge on any atom is -0.380 e. The highest BCUT2D eigenvalue weighted by molar-refractivity contribution is 7.16. The fourth-order valence-corrected chi connectivity index (χ4v) is 3.25. The van der Waals surface area contributed by atoms with E-state index in [4.69, 9.17) is 4.74 Å². The molecule has 1 heterocycles. The first-order valence-corrected chi connectivity index (χ1v) is 7.96. The summed E-state index contributed by atoms with van der Waals surface area (Å²) in [5.41, 5.74) is 0.892. The van der Waals surface area contributed by atoms with Gasteiger partial charge in [-0.3, -0.25) is 4.79 Å². The van der Waals surface area contributed by atoms with Crippen molar-refractivity contribution < 1.29 is 13.9 Å². The number of halogens is 1. The molecule has 1 aliphatic carbocycles. The SMILES string of the molecule is CCOCCn1c(=NC(=O)C2CC2)sc2cc(F)ccc21. The van der Waals surface area contributed by atoms with Gasteiger partial charge in [0.15, 0.2) is 4.80 Å². The molecule has 3 rings (SSSR count). The first kappa shape index (κ1) is 14.4. The molecule has 0 radical (unpaired) electrons. The molecule has 1 aromatic carbocycles. The Morgan fingerprint density at radius 2 is 2.33 bits per heavy atom. The number of carbonyl (C=O) groups is 1. The van der Waals surface area contributed by atoms with Crippen LogP contribution in [-0.2, 0) is 16.1 Å². The van der Waals surface area contributed by atoms with Crippen LogP contribution >= 0.6 is 11.3 Å². The molecule has 2 aromatic rings. The van der Waals surface area contributed by atoms with Gasteiger partial charge in [0.2, 0.25) is 0 Å². The van der Waals surface area contributed by atoms with E-state index in [0.717, 1.165) is 23.1 Å². The number of amides is 1. The van der Waals surface area contributed by atoms with Crippen molar-refractivity contribution in [3.63, 3.8) is 0 Å². The molecule has 0 saturated heterocycles. The monoisotopic (exact) mass is 308 g/mol. The largest absolute Gasteiger partial charge is 0.380 e. The lowest BCUT2D eigenvalue weighted by Gasteiger charge is -2.05. The van der Waals surface area contributed by atoms with Gasteiger partial charge >= 0.3 is 0 Å². The second kappa shape index (κ2) is 6.07. The summed E-state index contributed by atoms with van der Waals surface area (Å²) in [4.78, 5) is 16.8. The fraction of sp³-hybridized carbons (Fsp3) is 0.467. The molecule has 0 N–H and O–H groups in total. The molecule has 21 heavy (non-hydrogen) atoms. The lowest BCUT2D eigenvalue weighted by atomic mass is 10.3. The van der Waals surface area contributed by atoms with E-state index in [1.165, 1.54) is 23.5 Å². The highest BCUT2D eigenvalue weighted by atomic mass is 32.1.